The first-order valence-electron chi connectivity index (χ1n) is 5.32. The number of hydrogen-bond acceptors (Lipinski definition) is 2. The van der Waals surface area contributed by atoms with E-state index in [1.165, 1.54) is 0 Å². The second-order valence-corrected chi connectivity index (χ2v) is 4.51. The summed E-state index contributed by atoms with van der Waals surface area (Å²) in [6.07, 6.45) is 0.228. The van der Waals surface area contributed by atoms with E-state index in [2.05, 4.69) is 0 Å². The van der Waals surface area contributed by atoms with E-state index in [0.717, 1.165) is 5.56 Å². The van der Waals surface area contributed by atoms with Crippen molar-refractivity contribution in [1.29, 1.82) is 0 Å². The van der Waals surface area contributed by atoms with Crippen molar-refractivity contribution in [2.45, 2.75) is 6.42 Å². The highest BCUT2D eigenvalue weighted by Crippen LogP contribution is 2.20. The molecule has 0 spiro atoms. The fourth-order valence-electron chi connectivity index (χ4n) is 1.75. The van der Waals surface area contributed by atoms with E-state index in [1.54, 1.807) is 23.1 Å². The van der Waals surface area contributed by atoms with Gasteiger partial charge in [0.1, 0.15) is 0 Å². The second kappa shape index (κ2) is 4.75. The largest absolute Gasteiger partial charge is 0.481 e. The predicted octanol–water partition coefficient (Wildman–Crippen LogP) is 1.43. The Kier molecular flexibility index (Phi) is 3.33. The van der Waals surface area contributed by atoms with E-state index < -0.39 is 11.9 Å². The Morgan fingerprint density at radius 2 is 2.00 bits per heavy atom. The van der Waals surface area contributed by atoms with E-state index in [4.69, 9.17) is 16.7 Å². The molecule has 1 heterocycles. The molecular weight excluding hydrogens is 242 g/mol. The molecule has 5 heteroatoms. The maximum Gasteiger partial charge on any atom is 0.310 e. The lowest BCUT2D eigenvalue weighted by Crippen LogP contribution is -2.53. The minimum absolute atomic E-state index is 0.0735. The van der Waals surface area contributed by atoms with Crippen LogP contribution in [0.25, 0.3) is 0 Å². The summed E-state index contributed by atoms with van der Waals surface area (Å²) in [4.78, 5) is 23.9. The third-order valence-electron chi connectivity index (χ3n) is 2.88. The van der Waals surface area contributed by atoms with E-state index in [9.17, 15) is 9.59 Å². The fourth-order valence-corrected chi connectivity index (χ4v) is 1.96. The maximum absolute atomic E-state index is 11.8. The summed E-state index contributed by atoms with van der Waals surface area (Å²) in [5, 5.41) is 9.27. The van der Waals surface area contributed by atoms with Gasteiger partial charge in [-0.05, 0) is 11.6 Å². The molecular formula is C12H12ClNO3. The normalized spacial score (nSPS) is 15.5. The molecule has 1 N–H and O–H groups in total. The maximum atomic E-state index is 11.8. The smallest absolute Gasteiger partial charge is 0.310 e. The Balaban J connectivity index is 1.91. The first kappa shape index (κ1) is 11.9. The number of likely N-dealkylation sites (tertiary alicyclic amines) is 1. The standard InChI is InChI=1S/C12H12ClNO3/c13-10-4-2-1-3-8(10)5-11(15)14-6-9(7-14)12(16)17/h1-4,9H,5-7H2,(H,16,17). The lowest BCUT2D eigenvalue weighted by Gasteiger charge is -2.36. The molecule has 0 aliphatic carbocycles. The molecule has 4 nitrogen and oxygen atoms in total. The Labute approximate surface area is 104 Å². The second-order valence-electron chi connectivity index (χ2n) is 4.10. The Hall–Kier alpha value is -1.55. The molecule has 0 aromatic heterocycles. The molecule has 2 rings (SSSR count). The van der Waals surface area contributed by atoms with Crippen LogP contribution in [0, 0.1) is 5.92 Å². The molecule has 17 heavy (non-hydrogen) atoms. The van der Waals surface area contributed by atoms with Crippen molar-refractivity contribution in [3.8, 4) is 0 Å². The van der Waals surface area contributed by atoms with Gasteiger partial charge in [0.25, 0.3) is 0 Å². The number of aliphatic carboxylic acids is 1. The highest BCUT2D eigenvalue weighted by Gasteiger charge is 2.35. The summed E-state index contributed by atoms with van der Waals surface area (Å²) >= 11 is 5.95. The lowest BCUT2D eigenvalue weighted by molar-refractivity contribution is -0.152. The van der Waals surface area contributed by atoms with Crippen molar-refractivity contribution in [1.82, 2.24) is 4.90 Å². The van der Waals surface area contributed by atoms with Gasteiger partial charge in [0.2, 0.25) is 5.91 Å². The number of carbonyl (C=O) groups is 2. The number of halogens is 1. The number of amides is 1. The monoisotopic (exact) mass is 253 g/mol. The number of hydrogen-bond donors (Lipinski definition) is 1. The first-order valence-corrected chi connectivity index (χ1v) is 5.69. The number of carbonyl (C=O) groups excluding carboxylic acids is 1. The van der Waals surface area contributed by atoms with Crippen molar-refractivity contribution in [3.63, 3.8) is 0 Å². The summed E-state index contributed by atoms with van der Waals surface area (Å²) in [5.74, 6) is -1.33. The van der Waals surface area contributed by atoms with Crippen LogP contribution < -0.4 is 0 Å². The fraction of sp³-hybridized carbons (Fsp3) is 0.333. The SMILES string of the molecule is O=C(O)C1CN(C(=O)Cc2ccccc2Cl)C1. The number of rotatable bonds is 3. The van der Waals surface area contributed by atoms with Crippen molar-refractivity contribution in [2.75, 3.05) is 13.1 Å². The van der Waals surface area contributed by atoms with Gasteiger partial charge in [-0.25, -0.2) is 0 Å². The third-order valence-corrected chi connectivity index (χ3v) is 3.25. The zero-order valence-corrected chi connectivity index (χ0v) is 9.85. The summed E-state index contributed by atoms with van der Waals surface area (Å²) in [7, 11) is 0. The van der Waals surface area contributed by atoms with Crippen molar-refractivity contribution in [2.24, 2.45) is 5.92 Å². The Morgan fingerprint density at radius 1 is 1.35 bits per heavy atom. The van der Waals surface area contributed by atoms with Gasteiger partial charge in [-0.3, -0.25) is 9.59 Å². The van der Waals surface area contributed by atoms with Crippen molar-refractivity contribution >= 4 is 23.5 Å². The van der Waals surface area contributed by atoms with Gasteiger partial charge in [0, 0.05) is 18.1 Å². The van der Waals surface area contributed by atoms with Crippen molar-refractivity contribution < 1.29 is 14.7 Å². The van der Waals surface area contributed by atoms with Crippen LogP contribution in [0.3, 0.4) is 0 Å². The zero-order valence-electron chi connectivity index (χ0n) is 9.10. The van der Waals surface area contributed by atoms with Gasteiger partial charge in [-0.1, -0.05) is 29.8 Å². The highest BCUT2D eigenvalue weighted by molar-refractivity contribution is 6.31. The molecule has 1 aliphatic heterocycles. The van der Waals surface area contributed by atoms with Crippen LogP contribution >= 0.6 is 11.6 Å². The molecule has 0 bridgehead atoms. The van der Waals surface area contributed by atoms with Crippen LogP contribution in [-0.4, -0.2) is 35.0 Å². The Morgan fingerprint density at radius 3 is 2.59 bits per heavy atom. The minimum atomic E-state index is -0.841. The van der Waals surface area contributed by atoms with Gasteiger partial charge >= 0.3 is 5.97 Å². The summed E-state index contributed by atoms with van der Waals surface area (Å²) in [6, 6.07) is 7.17. The molecule has 0 atom stereocenters. The van der Waals surface area contributed by atoms with Gasteiger partial charge in [-0.2, -0.15) is 0 Å². The topological polar surface area (TPSA) is 57.6 Å². The summed E-state index contributed by atoms with van der Waals surface area (Å²) in [6.45, 7) is 0.608. The Bertz CT molecular complexity index is 455. The van der Waals surface area contributed by atoms with Crippen LogP contribution in [0.1, 0.15) is 5.56 Å². The molecule has 1 aliphatic rings. The summed E-state index contributed by atoms with van der Waals surface area (Å²) < 4.78 is 0. The van der Waals surface area contributed by atoms with Crippen LogP contribution in [0.5, 0.6) is 0 Å². The van der Waals surface area contributed by atoms with Crippen LogP contribution in [0.15, 0.2) is 24.3 Å². The zero-order chi connectivity index (χ0) is 12.4. The number of carboxylic acid groups (broad SMARTS) is 1. The molecule has 0 unspecified atom stereocenters. The van der Waals surface area contributed by atoms with Gasteiger partial charge in [0.05, 0.1) is 12.3 Å². The molecule has 1 saturated heterocycles. The van der Waals surface area contributed by atoms with Gasteiger partial charge < -0.3 is 10.0 Å². The van der Waals surface area contributed by atoms with Gasteiger partial charge in [0.15, 0.2) is 0 Å². The number of benzene rings is 1. The molecule has 1 aromatic carbocycles. The van der Waals surface area contributed by atoms with Crippen LogP contribution in [0.2, 0.25) is 5.02 Å². The molecule has 0 radical (unpaired) electrons. The lowest BCUT2D eigenvalue weighted by atomic mass is 9.99. The molecule has 90 valence electrons. The summed E-state index contributed by atoms with van der Waals surface area (Å²) in [5.41, 5.74) is 0.776. The van der Waals surface area contributed by atoms with E-state index >= 15 is 0 Å². The molecule has 0 saturated carbocycles. The molecule has 1 aromatic rings. The average molecular weight is 254 g/mol. The molecule has 1 amide bonds. The average Bonchev–Trinajstić information content (AvgIpc) is 2.18. The highest BCUT2D eigenvalue weighted by atomic mass is 35.5. The predicted molar refractivity (Wildman–Crippen MR) is 62.9 cm³/mol. The van der Waals surface area contributed by atoms with Crippen molar-refractivity contribution in [3.05, 3.63) is 34.9 Å². The number of nitrogens with zero attached hydrogens (tertiary/aromatic N) is 1. The van der Waals surface area contributed by atoms with E-state index in [0.29, 0.717) is 18.1 Å². The van der Waals surface area contributed by atoms with E-state index in [-0.39, 0.29) is 12.3 Å². The minimum Gasteiger partial charge on any atom is -0.481 e. The quantitative estimate of drug-likeness (QED) is 0.887. The van der Waals surface area contributed by atoms with E-state index in [1.807, 2.05) is 6.07 Å². The van der Waals surface area contributed by atoms with Crippen LogP contribution in [-0.2, 0) is 16.0 Å². The first-order chi connectivity index (χ1) is 8.08. The number of carboxylic acids is 1. The van der Waals surface area contributed by atoms with Gasteiger partial charge in [-0.15, -0.1) is 0 Å². The third kappa shape index (κ3) is 2.58. The molecule has 1 fully saturated rings. The van der Waals surface area contributed by atoms with Crippen LogP contribution in [0.4, 0.5) is 0 Å².